The first kappa shape index (κ1) is 19.7. The number of rotatable bonds is 13. The summed E-state index contributed by atoms with van der Waals surface area (Å²) in [5.41, 5.74) is 0.344. The van der Waals surface area contributed by atoms with Crippen molar-refractivity contribution < 1.29 is 9.59 Å². The Morgan fingerprint density at radius 1 is 0.810 bits per heavy atom. The zero-order valence-electron chi connectivity index (χ0n) is 13.8. The van der Waals surface area contributed by atoms with Gasteiger partial charge in [0.1, 0.15) is 0 Å². The van der Waals surface area contributed by atoms with Crippen LogP contribution in [0.15, 0.2) is 12.2 Å². The summed E-state index contributed by atoms with van der Waals surface area (Å²) in [6.45, 7) is 9.35. The van der Waals surface area contributed by atoms with E-state index in [4.69, 9.17) is 0 Å². The molecule has 0 rings (SSSR count). The highest BCUT2D eigenvalue weighted by molar-refractivity contribution is 5.98. The Bertz CT molecular complexity index is 314. The summed E-state index contributed by atoms with van der Waals surface area (Å²) in [6.07, 6.45) is 9.08. The van der Waals surface area contributed by atoms with E-state index in [0.29, 0.717) is 18.7 Å². The van der Waals surface area contributed by atoms with Gasteiger partial charge in [0.15, 0.2) is 0 Å². The van der Waals surface area contributed by atoms with Gasteiger partial charge in [0.05, 0.1) is 6.42 Å². The minimum atomic E-state index is -0.201. The molecule has 0 aromatic rings. The predicted octanol–water partition coefficient (Wildman–Crippen LogP) is 3.33. The van der Waals surface area contributed by atoms with E-state index in [9.17, 15) is 9.59 Å². The molecule has 4 heteroatoms. The van der Waals surface area contributed by atoms with Crippen molar-refractivity contribution in [1.29, 1.82) is 0 Å². The predicted molar refractivity (Wildman–Crippen MR) is 88.1 cm³/mol. The lowest BCUT2D eigenvalue weighted by atomic mass is 10.1. The number of nitrogens with one attached hydrogen (secondary N) is 2. The van der Waals surface area contributed by atoms with E-state index in [1.54, 1.807) is 0 Å². The van der Waals surface area contributed by atoms with E-state index in [1.165, 1.54) is 25.7 Å². The van der Waals surface area contributed by atoms with E-state index >= 15 is 0 Å². The van der Waals surface area contributed by atoms with Gasteiger partial charge in [-0.1, -0.05) is 59.0 Å². The molecular weight excluding hydrogens is 264 g/mol. The van der Waals surface area contributed by atoms with E-state index in [0.717, 1.165) is 25.7 Å². The number of amides is 2. The second-order valence-corrected chi connectivity index (χ2v) is 5.51. The second-order valence-electron chi connectivity index (χ2n) is 5.51. The van der Waals surface area contributed by atoms with Crippen LogP contribution < -0.4 is 10.6 Å². The molecule has 0 heterocycles. The number of carbonyl (C=O) groups excluding carboxylic acids is 2. The summed E-state index contributed by atoms with van der Waals surface area (Å²) in [7, 11) is 0. The average Bonchev–Trinajstić information content (AvgIpc) is 2.46. The molecule has 0 bridgehead atoms. The number of unbranched alkanes of at least 4 members (excludes halogenated alkanes) is 6. The molecule has 0 aliphatic heterocycles. The maximum absolute atomic E-state index is 11.7. The Kier molecular flexibility index (Phi) is 12.8. The lowest BCUT2D eigenvalue weighted by Gasteiger charge is -2.08. The van der Waals surface area contributed by atoms with Crippen molar-refractivity contribution in [3.63, 3.8) is 0 Å². The van der Waals surface area contributed by atoms with Gasteiger partial charge in [-0.15, -0.1) is 0 Å². The number of carbonyl (C=O) groups is 2. The molecule has 0 atom stereocenters. The molecule has 122 valence electrons. The monoisotopic (exact) mass is 296 g/mol. The molecule has 0 spiro atoms. The number of hydrogen-bond acceptors (Lipinski definition) is 2. The maximum atomic E-state index is 11.7. The van der Waals surface area contributed by atoms with Gasteiger partial charge < -0.3 is 10.6 Å². The zero-order valence-corrected chi connectivity index (χ0v) is 13.8. The van der Waals surface area contributed by atoms with E-state index in [2.05, 4.69) is 31.1 Å². The van der Waals surface area contributed by atoms with E-state index < -0.39 is 0 Å². The molecule has 0 fully saturated rings. The van der Waals surface area contributed by atoms with Crippen LogP contribution in [0.4, 0.5) is 0 Å². The molecule has 0 saturated carbocycles. The highest BCUT2D eigenvalue weighted by Crippen LogP contribution is 2.01. The SMILES string of the molecule is C=C(CC(=O)NCCCCCC)C(=O)NCCCCCC. The standard InChI is InChI=1S/C17H32N2O2/c1-4-6-8-10-12-18-16(20)14-15(3)17(21)19-13-11-9-7-5-2/h3-14H2,1-2H3,(H,18,20)(H,19,21). The van der Waals surface area contributed by atoms with Gasteiger partial charge in [-0.2, -0.15) is 0 Å². The molecule has 0 aromatic carbocycles. The van der Waals surface area contributed by atoms with Gasteiger partial charge >= 0.3 is 0 Å². The first-order chi connectivity index (χ1) is 10.1. The molecular formula is C17H32N2O2. The molecule has 4 nitrogen and oxygen atoms in total. The molecule has 0 aliphatic carbocycles. The molecule has 2 amide bonds. The molecule has 0 aliphatic rings. The Morgan fingerprint density at radius 2 is 1.33 bits per heavy atom. The number of hydrogen-bond donors (Lipinski definition) is 2. The topological polar surface area (TPSA) is 58.2 Å². The molecule has 0 aromatic heterocycles. The van der Waals surface area contributed by atoms with Crippen LogP contribution in [0.2, 0.25) is 0 Å². The van der Waals surface area contributed by atoms with Crippen LogP contribution >= 0.6 is 0 Å². The van der Waals surface area contributed by atoms with E-state index in [-0.39, 0.29) is 18.2 Å². The maximum Gasteiger partial charge on any atom is 0.247 e. The van der Waals surface area contributed by atoms with Gasteiger partial charge in [-0.3, -0.25) is 9.59 Å². The molecule has 21 heavy (non-hydrogen) atoms. The second kappa shape index (κ2) is 13.7. The highest BCUT2D eigenvalue weighted by Gasteiger charge is 2.10. The van der Waals surface area contributed by atoms with Crippen molar-refractivity contribution >= 4 is 11.8 Å². The summed E-state index contributed by atoms with van der Waals surface area (Å²) in [5.74, 6) is -0.315. The first-order valence-corrected chi connectivity index (χ1v) is 8.34. The smallest absolute Gasteiger partial charge is 0.247 e. The minimum Gasteiger partial charge on any atom is -0.356 e. The summed E-state index contributed by atoms with van der Waals surface area (Å²) in [4.78, 5) is 23.4. The fraction of sp³-hybridized carbons (Fsp3) is 0.765. The fourth-order valence-corrected chi connectivity index (χ4v) is 1.99. The van der Waals surface area contributed by atoms with Crippen molar-refractivity contribution in [2.24, 2.45) is 0 Å². The van der Waals surface area contributed by atoms with Crippen LogP contribution in [0.3, 0.4) is 0 Å². The molecule has 0 unspecified atom stereocenters. The molecule has 0 saturated heterocycles. The first-order valence-electron chi connectivity index (χ1n) is 8.34. The third kappa shape index (κ3) is 12.2. The quantitative estimate of drug-likeness (QED) is 0.404. The summed E-state index contributed by atoms with van der Waals surface area (Å²) in [5, 5.41) is 5.64. The lowest BCUT2D eigenvalue weighted by molar-refractivity contribution is -0.123. The van der Waals surface area contributed by atoms with Crippen LogP contribution in [-0.4, -0.2) is 24.9 Å². The van der Waals surface area contributed by atoms with Crippen molar-refractivity contribution in [1.82, 2.24) is 10.6 Å². The van der Waals surface area contributed by atoms with Crippen LogP contribution in [0.5, 0.6) is 0 Å². The Balaban J connectivity index is 3.65. The van der Waals surface area contributed by atoms with Crippen molar-refractivity contribution in [3.8, 4) is 0 Å². The van der Waals surface area contributed by atoms with Gasteiger partial charge in [-0.05, 0) is 12.8 Å². The zero-order chi connectivity index (χ0) is 15.9. The van der Waals surface area contributed by atoms with E-state index in [1.807, 2.05) is 0 Å². The lowest BCUT2D eigenvalue weighted by Crippen LogP contribution is -2.30. The van der Waals surface area contributed by atoms with Crippen LogP contribution in [0.1, 0.15) is 71.6 Å². The average molecular weight is 296 g/mol. The summed E-state index contributed by atoms with van der Waals surface area (Å²) >= 11 is 0. The third-order valence-electron chi connectivity index (χ3n) is 3.36. The minimum absolute atomic E-state index is 0.0918. The van der Waals surface area contributed by atoms with Crippen LogP contribution in [0.25, 0.3) is 0 Å². The molecule has 0 radical (unpaired) electrons. The largest absolute Gasteiger partial charge is 0.356 e. The van der Waals surface area contributed by atoms with Gasteiger partial charge in [0.25, 0.3) is 0 Å². The highest BCUT2D eigenvalue weighted by atomic mass is 16.2. The van der Waals surface area contributed by atoms with Crippen molar-refractivity contribution in [2.75, 3.05) is 13.1 Å². The van der Waals surface area contributed by atoms with Crippen molar-refractivity contribution in [2.45, 2.75) is 71.6 Å². The molecule has 2 N–H and O–H groups in total. The van der Waals surface area contributed by atoms with Gasteiger partial charge in [-0.25, -0.2) is 0 Å². The van der Waals surface area contributed by atoms with Crippen LogP contribution in [0, 0.1) is 0 Å². The van der Waals surface area contributed by atoms with Crippen LogP contribution in [-0.2, 0) is 9.59 Å². The normalized spacial score (nSPS) is 10.2. The van der Waals surface area contributed by atoms with Crippen molar-refractivity contribution in [3.05, 3.63) is 12.2 Å². The Labute approximate surface area is 129 Å². The Hall–Kier alpha value is -1.32. The fourth-order valence-electron chi connectivity index (χ4n) is 1.99. The summed E-state index contributed by atoms with van der Waals surface area (Å²) < 4.78 is 0. The van der Waals surface area contributed by atoms with Gasteiger partial charge in [0, 0.05) is 18.7 Å². The summed E-state index contributed by atoms with van der Waals surface area (Å²) in [6, 6.07) is 0. The Morgan fingerprint density at radius 3 is 1.86 bits per heavy atom. The van der Waals surface area contributed by atoms with Gasteiger partial charge in [0.2, 0.25) is 11.8 Å². The third-order valence-corrected chi connectivity index (χ3v) is 3.36.